The highest BCUT2D eigenvalue weighted by Gasteiger charge is 2.00. The van der Waals surface area contributed by atoms with Gasteiger partial charge < -0.3 is 15.3 Å². The van der Waals surface area contributed by atoms with Crippen molar-refractivity contribution in [1.82, 2.24) is 10.2 Å². The second kappa shape index (κ2) is 8.97. The van der Waals surface area contributed by atoms with Crippen molar-refractivity contribution >= 4 is 5.91 Å². The van der Waals surface area contributed by atoms with Gasteiger partial charge in [0.2, 0.25) is 5.91 Å². The summed E-state index contributed by atoms with van der Waals surface area (Å²) in [5.74, 6) is 0.0861. The van der Waals surface area contributed by atoms with Crippen LogP contribution in [0.2, 0.25) is 0 Å². The molecule has 4 heteroatoms. The van der Waals surface area contributed by atoms with Crippen LogP contribution in [0.5, 0.6) is 0 Å². The summed E-state index contributed by atoms with van der Waals surface area (Å²) in [6.45, 7) is 4.86. The maximum absolute atomic E-state index is 11.2. The number of carbonyl (C=O) groups is 1. The topological polar surface area (TPSA) is 52.6 Å². The molecule has 0 bridgehead atoms. The molecule has 14 heavy (non-hydrogen) atoms. The molecule has 0 aliphatic heterocycles. The lowest BCUT2D eigenvalue weighted by atomic mass is 10.2. The van der Waals surface area contributed by atoms with Crippen LogP contribution in [0.25, 0.3) is 0 Å². The van der Waals surface area contributed by atoms with Crippen LogP contribution < -0.4 is 5.32 Å². The number of rotatable bonds is 8. The highest BCUT2D eigenvalue weighted by atomic mass is 16.2. The van der Waals surface area contributed by atoms with Gasteiger partial charge in [-0.2, -0.15) is 0 Å². The summed E-state index contributed by atoms with van der Waals surface area (Å²) in [6.07, 6.45) is 2.00. The maximum atomic E-state index is 11.2. The van der Waals surface area contributed by atoms with E-state index < -0.39 is 0 Å². The lowest BCUT2D eigenvalue weighted by Gasteiger charge is -2.13. The summed E-state index contributed by atoms with van der Waals surface area (Å²) in [7, 11) is 2.03. The average Bonchev–Trinajstić information content (AvgIpc) is 2.18. The Morgan fingerprint density at radius 1 is 1.43 bits per heavy atom. The second-order valence-electron chi connectivity index (χ2n) is 3.43. The van der Waals surface area contributed by atoms with Gasteiger partial charge in [0.15, 0.2) is 0 Å². The van der Waals surface area contributed by atoms with E-state index in [4.69, 9.17) is 5.11 Å². The van der Waals surface area contributed by atoms with E-state index in [0.717, 1.165) is 19.5 Å². The molecule has 4 nitrogen and oxygen atoms in total. The Bertz CT molecular complexity index is 151. The van der Waals surface area contributed by atoms with Crippen LogP contribution >= 0.6 is 0 Å². The van der Waals surface area contributed by atoms with Gasteiger partial charge in [0.25, 0.3) is 0 Å². The van der Waals surface area contributed by atoms with Crippen molar-refractivity contribution in [2.24, 2.45) is 0 Å². The first-order valence-electron chi connectivity index (χ1n) is 5.26. The molecule has 0 radical (unpaired) electrons. The molecule has 0 rings (SSSR count). The third-order valence-corrected chi connectivity index (χ3v) is 2.17. The number of hydrogen-bond donors (Lipinski definition) is 2. The number of aliphatic hydroxyl groups is 1. The molecule has 0 heterocycles. The van der Waals surface area contributed by atoms with E-state index >= 15 is 0 Å². The van der Waals surface area contributed by atoms with E-state index in [1.54, 1.807) is 0 Å². The Morgan fingerprint density at radius 3 is 2.71 bits per heavy atom. The highest BCUT2D eigenvalue weighted by molar-refractivity contribution is 5.75. The first-order valence-corrected chi connectivity index (χ1v) is 5.26. The fourth-order valence-electron chi connectivity index (χ4n) is 1.03. The quantitative estimate of drug-likeness (QED) is 0.553. The van der Waals surface area contributed by atoms with Gasteiger partial charge in [-0.1, -0.05) is 6.92 Å². The van der Waals surface area contributed by atoms with E-state index in [2.05, 4.69) is 17.1 Å². The van der Waals surface area contributed by atoms with Crippen molar-refractivity contribution < 1.29 is 9.90 Å². The molecule has 84 valence electrons. The zero-order valence-corrected chi connectivity index (χ0v) is 9.25. The first-order chi connectivity index (χ1) is 6.70. The Hall–Kier alpha value is -0.610. The second-order valence-corrected chi connectivity index (χ2v) is 3.43. The van der Waals surface area contributed by atoms with Crippen molar-refractivity contribution in [1.29, 1.82) is 0 Å². The van der Waals surface area contributed by atoms with Crippen LogP contribution in [0, 0.1) is 0 Å². The molecule has 0 aromatic rings. The van der Waals surface area contributed by atoms with E-state index in [0.29, 0.717) is 19.4 Å². The molecule has 2 N–H and O–H groups in total. The molecule has 0 saturated heterocycles. The summed E-state index contributed by atoms with van der Waals surface area (Å²) in [5, 5.41) is 11.4. The van der Waals surface area contributed by atoms with Gasteiger partial charge in [-0.05, 0) is 26.4 Å². The van der Waals surface area contributed by atoms with E-state index in [1.807, 2.05) is 7.05 Å². The molecular weight excluding hydrogens is 180 g/mol. The minimum absolute atomic E-state index is 0.0861. The van der Waals surface area contributed by atoms with E-state index in [1.165, 1.54) is 0 Å². The molecule has 0 saturated carbocycles. The van der Waals surface area contributed by atoms with Crippen molar-refractivity contribution in [3.63, 3.8) is 0 Å². The molecule has 0 unspecified atom stereocenters. The summed E-state index contributed by atoms with van der Waals surface area (Å²) in [6, 6.07) is 0. The molecule has 0 aromatic heterocycles. The molecule has 1 amide bonds. The normalized spacial score (nSPS) is 10.6. The number of carbonyl (C=O) groups excluding carboxylic acids is 1. The first kappa shape index (κ1) is 13.4. The number of nitrogens with zero attached hydrogens (tertiary/aromatic N) is 1. The standard InChI is InChI=1S/C10H22N2O2/c1-3-12(2)8-7-11-10(14)6-4-5-9-13/h13H,3-9H2,1-2H3,(H,11,14). The molecule has 0 spiro atoms. The monoisotopic (exact) mass is 202 g/mol. The van der Waals surface area contributed by atoms with Crippen LogP contribution in [0.4, 0.5) is 0 Å². The zero-order valence-electron chi connectivity index (χ0n) is 9.25. The van der Waals surface area contributed by atoms with Crippen LogP contribution in [-0.4, -0.2) is 49.2 Å². The minimum Gasteiger partial charge on any atom is -0.396 e. The fourth-order valence-corrected chi connectivity index (χ4v) is 1.03. The van der Waals surface area contributed by atoms with Gasteiger partial charge in [0, 0.05) is 26.1 Å². The SMILES string of the molecule is CCN(C)CCNC(=O)CCCCO. The lowest BCUT2D eigenvalue weighted by Crippen LogP contribution is -2.32. The maximum Gasteiger partial charge on any atom is 0.220 e. The largest absolute Gasteiger partial charge is 0.396 e. The average molecular weight is 202 g/mol. The highest BCUT2D eigenvalue weighted by Crippen LogP contribution is 1.93. The van der Waals surface area contributed by atoms with E-state index in [9.17, 15) is 4.79 Å². The van der Waals surface area contributed by atoms with Crippen molar-refractivity contribution in [2.75, 3.05) is 33.3 Å². The number of amides is 1. The number of hydrogen-bond acceptors (Lipinski definition) is 3. The van der Waals surface area contributed by atoms with E-state index in [-0.39, 0.29) is 12.5 Å². The Kier molecular flexibility index (Phi) is 8.57. The third-order valence-electron chi connectivity index (χ3n) is 2.17. The zero-order chi connectivity index (χ0) is 10.8. The van der Waals surface area contributed by atoms with Gasteiger partial charge in [-0.3, -0.25) is 4.79 Å². The third kappa shape index (κ3) is 8.01. The van der Waals surface area contributed by atoms with Gasteiger partial charge in [-0.15, -0.1) is 0 Å². The van der Waals surface area contributed by atoms with Crippen molar-refractivity contribution in [3.05, 3.63) is 0 Å². The van der Waals surface area contributed by atoms with Gasteiger partial charge in [0.1, 0.15) is 0 Å². The number of nitrogens with one attached hydrogen (secondary N) is 1. The number of likely N-dealkylation sites (N-methyl/N-ethyl adjacent to an activating group) is 1. The van der Waals surface area contributed by atoms with Gasteiger partial charge in [0.05, 0.1) is 0 Å². The molecule has 0 aromatic carbocycles. The minimum atomic E-state index is 0.0861. The van der Waals surface area contributed by atoms with Crippen molar-refractivity contribution in [3.8, 4) is 0 Å². The molecule has 0 aliphatic carbocycles. The Labute approximate surface area is 86.3 Å². The predicted octanol–water partition coefficient (Wildman–Crippen LogP) is 0.217. The Balaban J connectivity index is 3.26. The summed E-state index contributed by atoms with van der Waals surface area (Å²) in [5.41, 5.74) is 0. The summed E-state index contributed by atoms with van der Waals surface area (Å²) < 4.78 is 0. The van der Waals surface area contributed by atoms with Gasteiger partial charge >= 0.3 is 0 Å². The number of aliphatic hydroxyl groups excluding tert-OH is 1. The van der Waals surface area contributed by atoms with Crippen LogP contribution in [0.15, 0.2) is 0 Å². The van der Waals surface area contributed by atoms with Crippen LogP contribution in [0.3, 0.4) is 0 Å². The lowest BCUT2D eigenvalue weighted by molar-refractivity contribution is -0.121. The van der Waals surface area contributed by atoms with Gasteiger partial charge in [-0.25, -0.2) is 0 Å². The summed E-state index contributed by atoms with van der Waals surface area (Å²) >= 11 is 0. The molecule has 0 atom stereocenters. The smallest absolute Gasteiger partial charge is 0.220 e. The molecule has 0 aliphatic rings. The molecule has 0 fully saturated rings. The Morgan fingerprint density at radius 2 is 2.14 bits per heavy atom. The number of unbranched alkanes of at least 4 members (excludes halogenated alkanes) is 1. The van der Waals surface area contributed by atoms with Crippen molar-refractivity contribution in [2.45, 2.75) is 26.2 Å². The van der Waals surface area contributed by atoms with Crippen LogP contribution in [-0.2, 0) is 4.79 Å². The fraction of sp³-hybridized carbons (Fsp3) is 0.900. The summed E-state index contributed by atoms with van der Waals surface area (Å²) in [4.78, 5) is 13.3. The molecular formula is C10H22N2O2. The predicted molar refractivity (Wildman–Crippen MR) is 57.1 cm³/mol. The van der Waals surface area contributed by atoms with Crippen LogP contribution in [0.1, 0.15) is 26.2 Å².